The van der Waals surface area contributed by atoms with Crippen LogP contribution in [0.5, 0.6) is 5.75 Å². The highest BCUT2D eigenvalue weighted by Gasteiger charge is 2.38. The summed E-state index contributed by atoms with van der Waals surface area (Å²) in [5, 5.41) is 0. The Morgan fingerprint density at radius 3 is 2.36 bits per heavy atom. The summed E-state index contributed by atoms with van der Waals surface area (Å²) in [6.07, 6.45) is 3.29. The number of ether oxygens (including phenoxy) is 3. The van der Waals surface area contributed by atoms with Crippen LogP contribution in [0.2, 0.25) is 0 Å². The maximum atomic E-state index is 14.9. The summed E-state index contributed by atoms with van der Waals surface area (Å²) in [5.41, 5.74) is 6.29. The number of anilines is 1. The molecule has 1 fully saturated rings. The number of aryl methyl sites for hydroxylation is 3. The van der Waals surface area contributed by atoms with Crippen molar-refractivity contribution in [3.63, 3.8) is 0 Å². The molecule has 0 N–H and O–H groups in total. The molecule has 0 aliphatic carbocycles. The van der Waals surface area contributed by atoms with Gasteiger partial charge >= 0.3 is 5.97 Å². The number of pyridine rings is 1. The van der Waals surface area contributed by atoms with Crippen molar-refractivity contribution in [2.45, 2.75) is 123 Å². The molecule has 0 radical (unpaired) electrons. The minimum absolute atomic E-state index is 0.0361. The monoisotopic (exact) mass is 708 g/mol. The van der Waals surface area contributed by atoms with Crippen molar-refractivity contribution in [1.82, 2.24) is 4.98 Å². The largest absolute Gasteiger partial charge is 0.490 e. The van der Waals surface area contributed by atoms with E-state index in [2.05, 4.69) is 24.8 Å². The molecule has 0 spiro atoms. The first-order valence-corrected chi connectivity index (χ1v) is 19.5. The van der Waals surface area contributed by atoms with Gasteiger partial charge in [-0.15, -0.1) is 0 Å². The van der Waals surface area contributed by atoms with Crippen LogP contribution in [0, 0.1) is 25.1 Å². The summed E-state index contributed by atoms with van der Waals surface area (Å²) >= 11 is 0. The lowest BCUT2D eigenvalue weighted by atomic mass is 9.81. The molecular formula is C40H53FN2O6S. The smallest absolute Gasteiger partial charge is 0.340 e. The normalized spacial score (nSPS) is 18.4. The maximum absolute atomic E-state index is 14.9. The van der Waals surface area contributed by atoms with Gasteiger partial charge in [0.25, 0.3) is 0 Å². The molecule has 10 heteroatoms. The van der Waals surface area contributed by atoms with Gasteiger partial charge in [0.05, 0.1) is 22.3 Å². The Morgan fingerprint density at radius 1 is 1.08 bits per heavy atom. The van der Waals surface area contributed by atoms with Crippen LogP contribution >= 0.6 is 0 Å². The lowest BCUT2D eigenvalue weighted by Crippen LogP contribution is -2.39. The van der Waals surface area contributed by atoms with E-state index in [0.717, 1.165) is 89.8 Å². The quantitative estimate of drug-likeness (QED) is 0.205. The highest BCUT2D eigenvalue weighted by molar-refractivity contribution is 7.90. The summed E-state index contributed by atoms with van der Waals surface area (Å²) in [5.74, 6) is -0.234. The number of carbonyl (C=O) groups excluding carboxylic acids is 1. The molecule has 2 unspecified atom stereocenters. The fourth-order valence-electron chi connectivity index (χ4n) is 6.95. The standard InChI is InChI=1S/C40H53FN2O6S/c1-24(2)47-38(44)37(49-39(5,6)7)35-26(4)42-25(3)34(36(35)43-19-17-40(8,9)18-20-43)29-13-16-33-28(21-29)11-14-30(48-33)22-27-12-15-31(23-32(27)41)50(10,45)46/h12-13,15-16,21,23-24,30,37H,11,14,17-20,22H2,1-10H3. The predicted molar refractivity (Wildman–Crippen MR) is 195 cm³/mol. The number of fused-ring (bicyclic) bond motifs is 1. The highest BCUT2D eigenvalue weighted by atomic mass is 32.2. The van der Waals surface area contributed by atoms with Gasteiger partial charge in [-0.2, -0.15) is 0 Å². The van der Waals surface area contributed by atoms with Crippen LogP contribution in [0.1, 0.15) is 102 Å². The Balaban J connectivity index is 1.55. The van der Waals surface area contributed by atoms with Gasteiger partial charge in [0.1, 0.15) is 17.7 Å². The Bertz CT molecular complexity index is 1850. The third-order valence-corrected chi connectivity index (χ3v) is 10.7. The molecule has 1 saturated heterocycles. The number of hydrogen-bond donors (Lipinski definition) is 0. The second-order valence-corrected chi connectivity index (χ2v) is 18.0. The van der Waals surface area contributed by atoms with Gasteiger partial charge in [-0.3, -0.25) is 4.98 Å². The van der Waals surface area contributed by atoms with Crippen molar-refractivity contribution in [3.05, 3.63) is 70.3 Å². The number of piperidine rings is 1. The number of aromatic nitrogens is 1. The van der Waals surface area contributed by atoms with Crippen molar-refractivity contribution >= 4 is 21.5 Å². The average molecular weight is 709 g/mol. The first kappa shape index (κ1) is 37.7. The van der Waals surface area contributed by atoms with E-state index in [4.69, 9.17) is 19.2 Å². The van der Waals surface area contributed by atoms with E-state index < -0.39 is 33.3 Å². The van der Waals surface area contributed by atoms with E-state index in [1.165, 1.54) is 12.1 Å². The molecule has 50 heavy (non-hydrogen) atoms. The van der Waals surface area contributed by atoms with Gasteiger partial charge in [0, 0.05) is 48.3 Å². The third kappa shape index (κ3) is 8.68. The second kappa shape index (κ2) is 14.3. The molecule has 8 nitrogen and oxygen atoms in total. The Hall–Kier alpha value is -3.50. The van der Waals surface area contributed by atoms with Gasteiger partial charge in [-0.25, -0.2) is 17.6 Å². The molecule has 3 aromatic rings. The van der Waals surface area contributed by atoms with Gasteiger partial charge in [0.2, 0.25) is 0 Å². The third-order valence-electron chi connectivity index (χ3n) is 9.59. The van der Waals surface area contributed by atoms with Crippen LogP contribution in [0.3, 0.4) is 0 Å². The molecule has 1 aromatic heterocycles. The zero-order valence-corrected chi connectivity index (χ0v) is 32.1. The molecule has 2 aliphatic heterocycles. The number of rotatable bonds is 9. The van der Waals surface area contributed by atoms with Gasteiger partial charge < -0.3 is 19.1 Å². The number of nitrogens with zero attached hydrogens (tertiary/aromatic N) is 2. The SMILES string of the molecule is Cc1nc(C)c(C(OC(C)(C)C)C(=O)OC(C)C)c(N2CCC(C)(C)CC2)c1-c1ccc2c(c1)CCC(Cc1ccc(S(C)(=O)=O)cc1F)O2. The summed E-state index contributed by atoms with van der Waals surface area (Å²) in [4.78, 5) is 21.2. The lowest BCUT2D eigenvalue weighted by Gasteiger charge is -2.41. The fourth-order valence-corrected chi connectivity index (χ4v) is 7.59. The van der Waals surface area contributed by atoms with Gasteiger partial charge in [-0.1, -0.05) is 26.0 Å². The van der Waals surface area contributed by atoms with E-state index in [1.54, 1.807) is 0 Å². The van der Waals surface area contributed by atoms with Crippen molar-refractivity contribution in [2.24, 2.45) is 5.41 Å². The molecule has 2 aromatic carbocycles. The van der Waals surface area contributed by atoms with E-state index in [-0.39, 0.29) is 22.5 Å². The van der Waals surface area contributed by atoms with Crippen LogP contribution in [-0.2, 0) is 36.9 Å². The van der Waals surface area contributed by atoms with Gasteiger partial charge in [-0.05, 0) is 121 Å². The molecule has 2 aliphatic rings. The number of esters is 1. The van der Waals surface area contributed by atoms with E-state index >= 15 is 0 Å². The minimum atomic E-state index is -3.50. The fraction of sp³-hybridized carbons (Fsp3) is 0.550. The molecule has 0 amide bonds. The zero-order valence-electron chi connectivity index (χ0n) is 31.3. The second-order valence-electron chi connectivity index (χ2n) is 16.0. The summed E-state index contributed by atoms with van der Waals surface area (Å²) in [6.45, 7) is 19.7. The maximum Gasteiger partial charge on any atom is 0.340 e. The molecular weight excluding hydrogens is 656 g/mol. The van der Waals surface area contributed by atoms with Crippen molar-refractivity contribution in [2.75, 3.05) is 24.2 Å². The molecule has 0 saturated carbocycles. The Labute approximate surface area is 297 Å². The number of hydrogen-bond acceptors (Lipinski definition) is 8. The average Bonchev–Trinajstić information content (AvgIpc) is 2.99. The molecule has 5 rings (SSSR count). The highest BCUT2D eigenvalue weighted by Crippen LogP contribution is 2.46. The summed E-state index contributed by atoms with van der Waals surface area (Å²) in [6, 6.07) is 10.2. The molecule has 3 heterocycles. The van der Waals surface area contributed by atoms with Gasteiger partial charge in [0.15, 0.2) is 15.9 Å². The number of carbonyl (C=O) groups is 1. The number of sulfone groups is 1. The molecule has 272 valence electrons. The van der Waals surface area contributed by atoms with Crippen molar-refractivity contribution < 1.29 is 31.8 Å². The molecule has 2 atom stereocenters. The van der Waals surface area contributed by atoms with E-state index in [0.29, 0.717) is 18.4 Å². The van der Waals surface area contributed by atoms with Crippen LogP contribution in [-0.4, -0.2) is 56.5 Å². The van der Waals surface area contributed by atoms with Crippen LogP contribution in [0.4, 0.5) is 10.1 Å². The van der Waals surface area contributed by atoms with Crippen LogP contribution in [0.25, 0.3) is 11.1 Å². The van der Waals surface area contributed by atoms with E-state index in [9.17, 15) is 17.6 Å². The van der Waals surface area contributed by atoms with Crippen LogP contribution < -0.4 is 9.64 Å². The first-order chi connectivity index (χ1) is 23.2. The van der Waals surface area contributed by atoms with Crippen molar-refractivity contribution in [1.29, 1.82) is 0 Å². The van der Waals surface area contributed by atoms with E-state index in [1.807, 2.05) is 60.6 Å². The first-order valence-electron chi connectivity index (χ1n) is 17.7. The van der Waals surface area contributed by atoms with Crippen molar-refractivity contribution in [3.8, 4) is 16.9 Å². The van der Waals surface area contributed by atoms with Crippen LogP contribution in [0.15, 0.2) is 41.3 Å². The minimum Gasteiger partial charge on any atom is -0.490 e. The lowest BCUT2D eigenvalue weighted by molar-refractivity contribution is -0.171. The molecule has 0 bridgehead atoms. The number of halogens is 1. The topological polar surface area (TPSA) is 95.0 Å². The number of benzene rings is 2. The Morgan fingerprint density at radius 2 is 1.76 bits per heavy atom. The predicted octanol–water partition coefficient (Wildman–Crippen LogP) is 8.28. The summed E-state index contributed by atoms with van der Waals surface area (Å²) < 4.78 is 57.4. The summed E-state index contributed by atoms with van der Waals surface area (Å²) in [7, 11) is -3.50. The zero-order chi connectivity index (χ0) is 36.8. The Kier molecular flexibility index (Phi) is 10.8.